The van der Waals surface area contributed by atoms with Crippen LogP contribution in [0.2, 0.25) is 0 Å². The summed E-state index contributed by atoms with van der Waals surface area (Å²) in [4.78, 5) is 0. The molecular formula is C16H30O2. The molecule has 0 aliphatic carbocycles. The van der Waals surface area contributed by atoms with E-state index in [0.29, 0.717) is 6.61 Å². The molecule has 0 spiro atoms. The number of rotatable bonds is 14. The Hall–Kier alpha value is -0.920. The van der Waals surface area contributed by atoms with Gasteiger partial charge in [0.15, 0.2) is 0 Å². The zero-order valence-corrected chi connectivity index (χ0v) is 12.0. The van der Waals surface area contributed by atoms with Crippen LogP contribution in [-0.4, -0.2) is 12.7 Å². The highest BCUT2D eigenvalue weighted by molar-refractivity contribution is 4.64. The molecule has 0 aromatic rings. The van der Waals surface area contributed by atoms with E-state index in [2.05, 4.69) is 20.1 Å². The SMILES string of the molecule is C=COCC(CCCCCCCCCC)OC=C. The van der Waals surface area contributed by atoms with Crippen LogP contribution in [0.15, 0.2) is 25.7 Å². The van der Waals surface area contributed by atoms with Crippen molar-refractivity contribution in [3.63, 3.8) is 0 Å². The lowest BCUT2D eigenvalue weighted by Gasteiger charge is -2.15. The summed E-state index contributed by atoms with van der Waals surface area (Å²) in [7, 11) is 0. The van der Waals surface area contributed by atoms with E-state index in [9.17, 15) is 0 Å². The van der Waals surface area contributed by atoms with Crippen molar-refractivity contribution in [2.24, 2.45) is 0 Å². The molecule has 0 bridgehead atoms. The maximum Gasteiger partial charge on any atom is 0.132 e. The molecule has 2 nitrogen and oxygen atoms in total. The summed E-state index contributed by atoms with van der Waals surface area (Å²) in [5.74, 6) is 0. The minimum Gasteiger partial charge on any atom is -0.498 e. The first-order valence-corrected chi connectivity index (χ1v) is 7.34. The van der Waals surface area contributed by atoms with Crippen molar-refractivity contribution in [1.29, 1.82) is 0 Å². The number of hydrogen-bond acceptors (Lipinski definition) is 2. The third-order valence-electron chi connectivity index (χ3n) is 3.07. The number of ether oxygens (including phenoxy) is 2. The fourth-order valence-electron chi connectivity index (χ4n) is 2.01. The highest BCUT2D eigenvalue weighted by Crippen LogP contribution is 2.12. The van der Waals surface area contributed by atoms with Crippen LogP contribution in [0, 0.1) is 0 Å². The summed E-state index contributed by atoms with van der Waals surface area (Å²) >= 11 is 0. The Labute approximate surface area is 113 Å². The van der Waals surface area contributed by atoms with Crippen molar-refractivity contribution in [2.45, 2.75) is 70.8 Å². The molecule has 0 aromatic heterocycles. The van der Waals surface area contributed by atoms with E-state index >= 15 is 0 Å². The Balaban J connectivity index is 3.36. The average Bonchev–Trinajstić information content (AvgIpc) is 2.39. The second-order valence-electron chi connectivity index (χ2n) is 4.69. The first kappa shape index (κ1) is 17.1. The Kier molecular flexibility index (Phi) is 13.4. The summed E-state index contributed by atoms with van der Waals surface area (Å²) in [6, 6.07) is 0. The van der Waals surface area contributed by atoms with E-state index < -0.39 is 0 Å². The first-order valence-electron chi connectivity index (χ1n) is 7.34. The number of hydrogen-bond donors (Lipinski definition) is 0. The molecule has 0 saturated heterocycles. The van der Waals surface area contributed by atoms with Gasteiger partial charge in [-0.05, 0) is 12.8 Å². The van der Waals surface area contributed by atoms with Gasteiger partial charge in [0.1, 0.15) is 12.7 Å². The fourth-order valence-corrected chi connectivity index (χ4v) is 2.01. The first-order chi connectivity index (χ1) is 8.85. The summed E-state index contributed by atoms with van der Waals surface area (Å²) in [5, 5.41) is 0. The van der Waals surface area contributed by atoms with Crippen molar-refractivity contribution >= 4 is 0 Å². The van der Waals surface area contributed by atoms with E-state index in [1.54, 1.807) is 0 Å². The van der Waals surface area contributed by atoms with Crippen molar-refractivity contribution in [3.8, 4) is 0 Å². The second kappa shape index (κ2) is 14.1. The van der Waals surface area contributed by atoms with Gasteiger partial charge in [0.2, 0.25) is 0 Å². The molecule has 0 aliphatic heterocycles. The molecule has 0 aliphatic rings. The Morgan fingerprint density at radius 1 is 0.889 bits per heavy atom. The van der Waals surface area contributed by atoms with E-state index in [0.717, 1.165) is 6.42 Å². The summed E-state index contributed by atoms with van der Waals surface area (Å²) in [6.45, 7) is 9.96. The molecular weight excluding hydrogens is 224 g/mol. The van der Waals surface area contributed by atoms with Crippen molar-refractivity contribution < 1.29 is 9.47 Å². The second-order valence-corrected chi connectivity index (χ2v) is 4.69. The molecule has 1 unspecified atom stereocenters. The van der Waals surface area contributed by atoms with Gasteiger partial charge in [-0.15, -0.1) is 0 Å². The average molecular weight is 254 g/mol. The maximum absolute atomic E-state index is 5.39. The Bertz CT molecular complexity index is 190. The third-order valence-corrected chi connectivity index (χ3v) is 3.07. The van der Waals surface area contributed by atoms with Gasteiger partial charge in [-0.25, -0.2) is 0 Å². The van der Waals surface area contributed by atoms with E-state index in [-0.39, 0.29) is 6.10 Å². The molecule has 18 heavy (non-hydrogen) atoms. The van der Waals surface area contributed by atoms with Gasteiger partial charge in [0.05, 0.1) is 12.5 Å². The minimum atomic E-state index is 0.126. The van der Waals surface area contributed by atoms with Gasteiger partial charge in [-0.3, -0.25) is 0 Å². The smallest absolute Gasteiger partial charge is 0.132 e. The molecule has 1 atom stereocenters. The Morgan fingerprint density at radius 3 is 2.06 bits per heavy atom. The van der Waals surface area contributed by atoms with Gasteiger partial charge in [0.25, 0.3) is 0 Å². The van der Waals surface area contributed by atoms with Gasteiger partial charge in [-0.1, -0.05) is 65.0 Å². The maximum atomic E-state index is 5.39. The van der Waals surface area contributed by atoms with Crippen LogP contribution < -0.4 is 0 Å². The van der Waals surface area contributed by atoms with Gasteiger partial charge in [-0.2, -0.15) is 0 Å². The highest BCUT2D eigenvalue weighted by atomic mass is 16.5. The standard InChI is InChI=1S/C16H30O2/c1-4-7-8-9-10-11-12-13-14-16(18-6-3)15-17-5-2/h5-6,16H,2-4,7-15H2,1H3. The topological polar surface area (TPSA) is 18.5 Å². The largest absolute Gasteiger partial charge is 0.498 e. The van der Waals surface area contributed by atoms with Crippen molar-refractivity contribution in [3.05, 3.63) is 25.7 Å². The van der Waals surface area contributed by atoms with Crippen LogP contribution in [0.3, 0.4) is 0 Å². The molecule has 0 amide bonds. The zero-order chi connectivity index (χ0) is 13.5. The normalized spacial score (nSPS) is 11.8. The van der Waals surface area contributed by atoms with Gasteiger partial charge >= 0.3 is 0 Å². The third kappa shape index (κ3) is 11.6. The molecule has 0 heterocycles. The molecule has 0 N–H and O–H groups in total. The van der Waals surface area contributed by atoms with E-state index in [1.807, 2.05) is 0 Å². The lowest BCUT2D eigenvalue weighted by Crippen LogP contribution is -2.16. The van der Waals surface area contributed by atoms with Crippen LogP contribution in [0.5, 0.6) is 0 Å². The molecule has 0 radical (unpaired) electrons. The van der Waals surface area contributed by atoms with E-state index in [1.165, 1.54) is 63.9 Å². The minimum absolute atomic E-state index is 0.126. The predicted molar refractivity (Wildman–Crippen MR) is 78.4 cm³/mol. The van der Waals surface area contributed by atoms with Gasteiger partial charge in [0, 0.05) is 0 Å². The molecule has 106 valence electrons. The zero-order valence-electron chi connectivity index (χ0n) is 12.0. The Morgan fingerprint density at radius 2 is 1.50 bits per heavy atom. The quantitative estimate of drug-likeness (QED) is 0.313. The van der Waals surface area contributed by atoms with Crippen LogP contribution in [0.25, 0.3) is 0 Å². The van der Waals surface area contributed by atoms with Crippen LogP contribution in [-0.2, 0) is 9.47 Å². The molecule has 0 rings (SSSR count). The lowest BCUT2D eigenvalue weighted by molar-refractivity contribution is 0.0615. The van der Waals surface area contributed by atoms with Crippen LogP contribution >= 0.6 is 0 Å². The summed E-state index contributed by atoms with van der Waals surface area (Å²) < 4.78 is 10.6. The molecule has 0 aromatic carbocycles. The van der Waals surface area contributed by atoms with Crippen LogP contribution in [0.4, 0.5) is 0 Å². The molecule has 0 fully saturated rings. The highest BCUT2D eigenvalue weighted by Gasteiger charge is 2.07. The van der Waals surface area contributed by atoms with E-state index in [4.69, 9.17) is 9.47 Å². The summed E-state index contributed by atoms with van der Waals surface area (Å²) in [6.07, 6.45) is 14.8. The van der Waals surface area contributed by atoms with Crippen LogP contribution in [0.1, 0.15) is 64.7 Å². The van der Waals surface area contributed by atoms with Gasteiger partial charge < -0.3 is 9.47 Å². The molecule has 0 saturated carbocycles. The summed E-state index contributed by atoms with van der Waals surface area (Å²) in [5.41, 5.74) is 0. The van der Waals surface area contributed by atoms with Crippen molar-refractivity contribution in [2.75, 3.05) is 6.61 Å². The fraction of sp³-hybridized carbons (Fsp3) is 0.750. The lowest BCUT2D eigenvalue weighted by atomic mass is 10.1. The van der Waals surface area contributed by atoms with Crippen molar-refractivity contribution in [1.82, 2.24) is 0 Å². The molecule has 2 heteroatoms. The predicted octanol–water partition coefficient (Wildman–Crippen LogP) is 5.21. The number of unbranched alkanes of at least 4 members (excludes halogenated alkanes) is 7. The monoisotopic (exact) mass is 254 g/mol.